The van der Waals surface area contributed by atoms with Gasteiger partial charge in [-0.15, -0.1) is 0 Å². The van der Waals surface area contributed by atoms with Crippen LogP contribution in [0.4, 0.5) is 0 Å². The summed E-state index contributed by atoms with van der Waals surface area (Å²) in [4.78, 5) is 0. The summed E-state index contributed by atoms with van der Waals surface area (Å²) in [5, 5.41) is 3.42. The van der Waals surface area contributed by atoms with Gasteiger partial charge in [-0.2, -0.15) is 0 Å². The van der Waals surface area contributed by atoms with Gasteiger partial charge in [0.2, 0.25) is 0 Å². The standard InChI is InChI=1S/C15H29NO3S/c1-4-16-15(14-9-8-11(2)19-14)12-6-5-7-13(10-12)20(3,17)18/h11-16H,4-10H2,1-3H3. The van der Waals surface area contributed by atoms with Crippen molar-refractivity contribution in [3.63, 3.8) is 0 Å². The number of rotatable bonds is 5. The lowest BCUT2D eigenvalue weighted by atomic mass is 9.81. The number of hydrogen-bond acceptors (Lipinski definition) is 4. The molecule has 2 aliphatic rings. The summed E-state index contributed by atoms with van der Waals surface area (Å²) in [6.45, 7) is 5.16. The van der Waals surface area contributed by atoms with E-state index in [1.807, 2.05) is 0 Å². The van der Waals surface area contributed by atoms with E-state index in [0.717, 1.165) is 45.1 Å². The smallest absolute Gasteiger partial charge is 0.150 e. The molecule has 20 heavy (non-hydrogen) atoms. The van der Waals surface area contributed by atoms with Crippen molar-refractivity contribution in [2.45, 2.75) is 75.9 Å². The molecule has 0 aromatic rings. The highest BCUT2D eigenvalue weighted by atomic mass is 32.2. The lowest BCUT2D eigenvalue weighted by Gasteiger charge is -2.37. The molecule has 5 atom stereocenters. The number of ether oxygens (including phenoxy) is 1. The zero-order valence-electron chi connectivity index (χ0n) is 13.0. The summed E-state index contributed by atoms with van der Waals surface area (Å²) in [5.41, 5.74) is 0. The van der Waals surface area contributed by atoms with Crippen molar-refractivity contribution in [1.29, 1.82) is 0 Å². The van der Waals surface area contributed by atoms with Gasteiger partial charge in [0.1, 0.15) is 9.84 Å². The van der Waals surface area contributed by atoms with E-state index in [0.29, 0.717) is 18.1 Å². The van der Waals surface area contributed by atoms with Crippen LogP contribution in [-0.2, 0) is 14.6 Å². The summed E-state index contributed by atoms with van der Waals surface area (Å²) < 4.78 is 29.7. The lowest BCUT2D eigenvalue weighted by molar-refractivity contribution is 0.0126. The fraction of sp³-hybridized carbons (Fsp3) is 1.00. The topological polar surface area (TPSA) is 55.4 Å². The van der Waals surface area contributed by atoms with Crippen LogP contribution in [0.25, 0.3) is 0 Å². The Kier molecular flexibility index (Phi) is 5.49. The second-order valence-electron chi connectivity index (χ2n) is 6.52. The van der Waals surface area contributed by atoms with Crippen molar-refractivity contribution >= 4 is 9.84 Å². The van der Waals surface area contributed by atoms with Crippen molar-refractivity contribution in [3.05, 3.63) is 0 Å². The van der Waals surface area contributed by atoms with E-state index in [1.165, 1.54) is 6.26 Å². The molecule has 1 saturated heterocycles. The highest BCUT2D eigenvalue weighted by Gasteiger charge is 2.38. The predicted octanol–water partition coefficient (Wildman–Crippen LogP) is 2.14. The normalized spacial score (nSPS) is 37.0. The minimum atomic E-state index is -2.91. The quantitative estimate of drug-likeness (QED) is 0.845. The van der Waals surface area contributed by atoms with Crippen LogP contribution < -0.4 is 5.32 Å². The fourth-order valence-electron chi connectivity index (χ4n) is 3.83. The van der Waals surface area contributed by atoms with E-state index < -0.39 is 9.84 Å². The molecule has 5 unspecified atom stereocenters. The summed E-state index contributed by atoms with van der Waals surface area (Å²) in [7, 11) is -2.91. The first-order valence-corrected chi connectivity index (χ1v) is 9.95. The molecule has 0 radical (unpaired) electrons. The van der Waals surface area contributed by atoms with Gasteiger partial charge in [0.25, 0.3) is 0 Å². The summed E-state index contributed by atoms with van der Waals surface area (Å²) in [6, 6.07) is 0.314. The molecule has 0 bridgehead atoms. The molecule has 0 aromatic heterocycles. The van der Waals surface area contributed by atoms with Crippen LogP contribution in [0.5, 0.6) is 0 Å². The zero-order chi connectivity index (χ0) is 14.8. The Labute approximate surface area is 123 Å². The van der Waals surface area contributed by atoms with Crippen LogP contribution in [-0.4, -0.2) is 44.7 Å². The minimum absolute atomic E-state index is 0.152. The van der Waals surface area contributed by atoms with Gasteiger partial charge in [-0.1, -0.05) is 13.3 Å². The van der Waals surface area contributed by atoms with Gasteiger partial charge in [0.05, 0.1) is 17.5 Å². The summed E-state index contributed by atoms with van der Waals surface area (Å²) in [6.07, 6.45) is 7.97. The highest BCUT2D eigenvalue weighted by molar-refractivity contribution is 7.91. The Balaban J connectivity index is 2.05. The highest BCUT2D eigenvalue weighted by Crippen LogP contribution is 2.35. The van der Waals surface area contributed by atoms with Crippen LogP contribution in [0.3, 0.4) is 0 Å². The van der Waals surface area contributed by atoms with E-state index in [9.17, 15) is 8.42 Å². The molecule has 4 nitrogen and oxygen atoms in total. The van der Waals surface area contributed by atoms with Gasteiger partial charge in [0, 0.05) is 12.3 Å². The first-order chi connectivity index (χ1) is 9.41. The van der Waals surface area contributed by atoms with Gasteiger partial charge in [-0.3, -0.25) is 0 Å². The lowest BCUT2D eigenvalue weighted by Crippen LogP contribution is -2.48. The average molecular weight is 303 g/mol. The van der Waals surface area contributed by atoms with Crippen LogP contribution in [0.15, 0.2) is 0 Å². The molecule has 1 aliphatic carbocycles. The maximum Gasteiger partial charge on any atom is 0.150 e. The van der Waals surface area contributed by atoms with Crippen LogP contribution >= 0.6 is 0 Å². The molecule has 0 aromatic carbocycles. The molecule has 1 heterocycles. The first kappa shape index (κ1) is 16.2. The van der Waals surface area contributed by atoms with E-state index in [1.54, 1.807) is 0 Å². The Morgan fingerprint density at radius 3 is 2.55 bits per heavy atom. The van der Waals surface area contributed by atoms with Crippen molar-refractivity contribution < 1.29 is 13.2 Å². The maximum atomic E-state index is 11.8. The van der Waals surface area contributed by atoms with Crippen LogP contribution in [0.1, 0.15) is 52.4 Å². The molecule has 2 fully saturated rings. The molecule has 1 aliphatic heterocycles. The molecule has 0 spiro atoms. The Morgan fingerprint density at radius 1 is 1.25 bits per heavy atom. The molecule has 1 N–H and O–H groups in total. The van der Waals surface area contributed by atoms with Gasteiger partial charge in [-0.25, -0.2) is 8.42 Å². The van der Waals surface area contributed by atoms with Crippen molar-refractivity contribution in [2.24, 2.45) is 5.92 Å². The second kappa shape index (κ2) is 6.75. The van der Waals surface area contributed by atoms with Gasteiger partial charge >= 0.3 is 0 Å². The molecular formula is C15H29NO3S. The van der Waals surface area contributed by atoms with Crippen molar-refractivity contribution in [1.82, 2.24) is 5.32 Å². The molecular weight excluding hydrogens is 274 g/mol. The Hall–Kier alpha value is -0.130. The van der Waals surface area contributed by atoms with Gasteiger partial charge in [-0.05, 0) is 51.5 Å². The second-order valence-corrected chi connectivity index (χ2v) is 8.85. The average Bonchev–Trinajstić information content (AvgIpc) is 2.81. The molecule has 1 saturated carbocycles. The number of nitrogens with one attached hydrogen (secondary N) is 1. The van der Waals surface area contributed by atoms with E-state index >= 15 is 0 Å². The van der Waals surface area contributed by atoms with E-state index in [4.69, 9.17) is 4.74 Å². The number of sulfone groups is 1. The molecule has 118 valence electrons. The van der Waals surface area contributed by atoms with Gasteiger partial charge < -0.3 is 10.1 Å². The zero-order valence-corrected chi connectivity index (χ0v) is 13.8. The van der Waals surface area contributed by atoms with Crippen molar-refractivity contribution in [3.8, 4) is 0 Å². The van der Waals surface area contributed by atoms with E-state index in [2.05, 4.69) is 19.2 Å². The van der Waals surface area contributed by atoms with Gasteiger partial charge in [0.15, 0.2) is 0 Å². The number of hydrogen-bond donors (Lipinski definition) is 1. The van der Waals surface area contributed by atoms with Crippen LogP contribution in [0.2, 0.25) is 0 Å². The Morgan fingerprint density at radius 2 is 2.00 bits per heavy atom. The largest absolute Gasteiger partial charge is 0.374 e. The molecule has 2 rings (SSSR count). The van der Waals surface area contributed by atoms with Crippen LogP contribution in [0, 0.1) is 5.92 Å². The Bertz CT molecular complexity index is 409. The monoisotopic (exact) mass is 303 g/mol. The third kappa shape index (κ3) is 3.95. The predicted molar refractivity (Wildman–Crippen MR) is 81.6 cm³/mol. The van der Waals surface area contributed by atoms with E-state index in [-0.39, 0.29) is 11.4 Å². The third-order valence-electron chi connectivity index (χ3n) is 4.89. The maximum absolute atomic E-state index is 11.8. The SMILES string of the molecule is CCNC(C1CCCC(S(C)(=O)=O)C1)C1CCC(C)O1. The third-order valence-corrected chi connectivity index (χ3v) is 6.52. The summed E-state index contributed by atoms with van der Waals surface area (Å²) in [5.74, 6) is 0.429. The molecule has 0 amide bonds. The van der Waals surface area contributed by atoms with Crippen molar-refractivity contribution in [2.75, 3.05) is 12.8 Å². The summed E-state index contributed by atoms with van der Waals surface area (Å²) >= 11 is 0. The molecule has 5 heteroatoms. The number of likely N-dealkylation sites (N-methyl/N-ethyl adjacent to an activating group) is 1. The fourth-order valence-corrected chi connectivity index (χ4v) is 5.02. The minimum Gasteiger partial charge on any atom is -0.374 e. The first-order valence-electron chi connectivity index (χ1n) is 7.99.